The first-order valence-electron chi connectivity index (χ1n) is 5.57. The van der Waals surface area contributed by atoms with E-state index in [-0.39, 0.29) is 10.8 Å². The van der Waals surface area contributed by atoms with Crippen molar-refractivity contribution in [3.05, 3.63) is 39.6 Å². The van der Waals surface area contributed by atoms with Crippen LogP contribution >= 0.6 is 11.6 Å². The predicted octanol–water partition coefficient (Wildman–Crippen LogP) is 1.25. The molecule has 9 heteroatoms. The summed E-state index contributed by atoms with van der Waals surface area (Å²) in [5, 5.41) is 18.7. The summed E-state index contributed by atoms with van der Waals surface area (Å²) in [6, 6.07) is 2.65. The number of hydrogen-bond acceptors (Lipinski definition) is 6. The zero-order chi connectivity index (χ0) is 13.4. The monoisotopic (exact) mass is 280 g/mol. The molecule has 2 aromatic heterocycles. The Labute approximate surface area is 112 Å². The second-order valence-corrected chi connectivity index (χ2v) is 4.51. The number of fused-ring (bicyclic) bond motifs is 1. The van der Waals surface area contributed by atoms with Crippen LogP contribution in [-0.4, -0.2) is 31.2 Å². The highest BCUT2D eigenvalue weighted by molar-refractivity contribution is 6.29. The van der Waals surface area contributed by atoms with Crippen LogP contribution in [0.15, 0.2) is 18.5 Å². The molecular formula is C10H9ClN6O2. The Kier molecular flexibility index (Phi) is 2.79. The van der Waals surface area contributed by atoms with Gasteiger partial charge in [-0.1, -0.05) is 11.6 Å². The zero-order valence-electron chi connectivity index (χ0n) is 9.73. The maximum atomic E-state index is 10.8. The van der Waals surface area contributed by atoms with Crippen LogP contribution < -0.4 is 4.90 Å². The molecule has 0 bridgehead atoms. The number of rotatable bonds is 2. The van der Waals surface area contributed by atoms with Gasteiger partial charge >= 0.3 is 0 Å². The Bertz CT molecular complexity index is 643. The molecule has 0 aliphatic carbocycles. The summed E-state index contributed by atoms with van der Waals surface area (Å²) >= 11 is 5.82. The van der Waals surface area contributed by atoms with Crippen molar-refractivity contribution in [2.24, 2.45) is 0 Å². The molecule has 1 aliphatic rings. The van der Waals surface area contributed by atoms with E-state index in [0.29, 0.717) is 25.5 Å². The second-order valence-electron chi connectivity index (χ2n) is 4.13. The molecule has 0 unspecified atom stereocenters. The van der Waals surface area contributed by atoms with Gasteiger partial charge in [0.1, 0.15) is 17.3 Å². The Morgan fingerprint density at radius 1 is 1.37 bits per heavy atom. The van der Waals surface area contributed by atoms with Crippen molar-refractivity contribution < 1.29 is 4.92 Å². The minimum Gasteiger partial charge on any atom is -0.347 e. The fraction of sp³-hybridized carbons (Fsp3) is 0.300. The maximum absolute atomic E-state index is 10.8. The van der Waals surface area contributed by atoms with Crippen LogP contribution in [0.2, 0.25) is 5.15 Å². The van der Waals surface area contributed by atoms with E-state index in [1.807, 2.05) is 9.47 Å². The molecule has 8 nitrogen and oxygen atoms in total. The van der Waals surface area contributed by atoms with Crippen molar-refractivity contribution in [3.8, 4) is 0 Å². The van der Waals surface area contributed by atoms with Gasteiger partial charge in [-0.3, -0.25) is 10.1 Å². The third kappa shape index (κ3) is 2.22. The van der Waals surface area contributed by atoms with Crippen molar-refractivity contribution in [2.75, 3.05) is 11.4 Å². The highest BCUT2D eigenvalue weighted by atomic mass is 35.5. The Morgan fingerprint density at radius 2 is 2.21 bits per heavy atom. The van der Waals surface area contributed by atoms with Crippen LogP contribution in [0.5, 0.6) is 0 Å². The predicted molar refractivity (Wildman–Crippen MR) is 67.0 cm³/mol. The summed E-state index contributed by atoms with van der Waals surface area (Å²) in [5.41, 5.74) is -0.0676. The molecule has 19 heavy (non-hydrogen) atoms. The van der Waals surface area contributed by atoms with E-state index in [4.69, 9.17) is 11.6 Å². The maximum Gasteiger partial charge on any atom is 0.276 e. The standard InChI is InChI=1S/C10H9ClN6O2/c11-8-3-7(17(18)19)4-9(13-8)15-1-2-16-6-12-14-10(16)5-15/h3-4,6H,1-2,5H2. The lowest BCUT2D eigenvalue weighted by molar-refractivity contribution is -0.384. The number of anilines is 1. The van der Waals surface area contributed by atoms with Gasteiger partial charge in [0.05, 0.1) is 23.6 Å². The number of hydrogen-bond donors (Lipinski definition) is 0. The lowest BCUT2D eigenvalue weighted by Crippen LogP contribution is -2.34. The summed E-state index contributed by atoms with van der Waals surface area (Å²) in [5.74, 6) is 1.28. The molecule has 1 aliphatic heterocycles. The lowest BCUT2D eigenvalue weighted by Gasteiger charge is -2.27. The number of nitro groups is 1. The van der Waals surface area contributed by atoms with Crippen LogP contribution in [0.1, 0.15) is 5.82 Å². The molecule has 0 amide bonds. The van der Waals surface area contributed by atoms with Gasteiger partial charge in [0, 0.05) is 13.1 Å². The van der Waals surface area contributed by atoms with Crippen LogP contribution in [0.25, 0.3) is 0 Å². The van der Waals surface area contributed by atoms with Crippen molar-refractivity contribution >= 4 is 23.1 Å². The van der Waals surface area contributed by atoms with Gasteiger partial charge in [0.15, 0.2) is 5.82 Å². The van der Waals surface area contributed by atoms with Crippen molar-refractivity contribution in [2.45, 2.75) is 13.1 Å². The Morgan fingerprint density at radius 3 is 3.00 bits per heavy atom. The van der Waals surface area contributed by atoms with E-state index in [2.05, 4.69) is 15.2 Å². The van der Waals surface area contributed by atoms with E-state index < -0.39 is 4.92 Å². The lowest BCUT2D eigenvalue weighted by atomic mass is 10.3. The van der Waals surface area contributed by atoms with E-state index in [9.17, 15) is 10.1 Å². The van der Waals surface area contributed by atoms with Gasteiger partial charge in [-0.2, -0.15) is 0 Å². The van der Waals surface area contributed by atoms with Gasteiger partial charge in [0.2, 0.25) is 0 Å². The quantitative estimate of drug-likeness (QED) is 0.467. The van der Waals surface area contributed by atoms with E-state index in [1.54, 1.807) is 6.33 Å². The van der Waals surface area contributed by atoms with Crippen LogP contribution in [0.3, 0.4) is 0 Å². The Hall–Kier alpha value is -2.22. The third-order valence-corrected chi connectivity index (χ3v) is 3.13. The molecule has 0 radical (unpaired) electrons. The molecule has 0 N–H and O–H groups in total. The first kappa shape index (κ1) is 11.8. The molecule has 0 saturated carbocycles. The van der Waals surface area contributed by atoms with Crippen molar-refractivity contribution in [1.29, 1.82) is 0 Å². The van der Waals surface area contributed by atoms with E-state index in [0.717, 1.165) is 5.82 Å². The van der Waals surface area contributed by atoms with Gasteiger partial charge < -0.3 is 9.47 Å². The van der Waals surface area contributed by atoms with E-state index >= 15 is 0 Å². The number of nitrogens with zero attached hydrogens (tertiary/aromatic N) is 6. The zero-order valence-corrected chi connectivity index (χ0v) is 10.5. The SMILES string of the molecule is O=[N+]([O-])c1cc(Cl)nc(N2CCn3cnnc3C2)c1. The smallest absolute Gasteiger partial charge is 0.276 e. The van der Waals surface area contributed by atoms with Crippen LogP contribution in [-0.2, 0) is 13.1 Å². The number of aromatic nitrogens is 4. The van der Waals surface area contributed by atoms with E-state index in [1.165, 1.54) is 12.1 Å². The highest BCUT2D eigenvalue weighted by Gasteiger charge is 2.21. The van der Waals surface area contributed by atoms with Gasteiger partial charge in [-0.25, -0.2) is 4.98 Å². The third-order valence-electron chi connectivity index (χ3n) is 2.94. The summed E-state index contributed by atoms with van der Waals surface area (Å²) in [7, 11) is 0. The highest BCUT2D eigenvalue weighted by Crippen LogP contribution is 2.25. The fourth-order valence-corrected chi connectivity index (χ4v) is 2.20. The van der Waals surface area contributed by atoms with Crippen molar-refractivity contribution in [3.63, 3.8) is 0 Å². The molecule has 98 valence electrons. The minimum atomic E-state index is -0.483. The summed E-state index contributed by atoms with van der Waals surface area (Å²) in [4.78, 5) is 16.4. The summed E-state index contributed by atoms with van der Waals surface area (Å²) in [6.45, 7) is 1.89. The first-order chi connectivity index (χ1) is 9.13. The first-order valence-corrected chi connectivity index (χ1v) is 5.95. The van der Waals surface area contributed by atoms with Crippen LogP contribution in [0.4, 0.5) is 11.5 Å². The molecule has 3 heterocycles. The van der Waals surface area contributed by atoms with Gasteiger partial charge in [0.25, 0.3) is 5.69 Å². The van der Waals surface area contributed by atoms with Gasteiger partial charge in [-0.15, -0.1) is 10.2 Å². The van der Waals surface area contributed by atoms with Gasteiger partial charge in [-0.05, 0) is 0 Å². The normalized spacial score (nSPS) is 14.3. The molecule has 0 fully saturated rings. The van der Waals surface area contributed by atoms with Crippen molar-refractivity contribution in [1.82, 2.24) is 19.7 Å². The molecule has 0 atom stereocenters. The Balaban J connectivity index is 1.93. The second kappa shape index (κ2) is 4.47. The minimum absolute atomic E-state index is 0.0676. The average molecular weight is 281 g/mol. The molecule has 2 aromatic rings. The molecule has 0 aromatic carbocycles. The summed E-state index contributed by atoms with van der Waals surface area (Å²) < 4.78 is 1.94. The molecule has 0 saturated heterocycles. The number of halogens is 1. The number of pyridine rings is 1. The fourth-order valence-electron chi connectivity index (χ4n) is 2.00. The summed E-state index contributed by atoms with van der Waals surface area (Å²) in [6.07, 6.45) is 1.67. The largest absolute Gasteiger partial charge is 0.347 e. The molecular weight excluding hydrogens is 272 g/mol. The van der Waals surface area contributed by atoms with Crippen LogP contribution in [0, 0.1) is 10.1 Å². The average Bonchev–Trinajstić information content (AvgIpc) is 2.85. The topological polar surface area (TPSA) is 90.0 Å². The molecule has 0 spiro atoms. The molecule has 3 rings (SSSR count).